The summed E-state index contributed by atoms with van der Waals surface area (Å²) in [6.07, 6.45) is 0.893. The highest BCUT2D eigenvalue weighted by atomic mass is 19.1. The van der Waals surface area contributed by atoms with Crippen molar-refractivity contribution in [1.82, 2.24) is 4.90 Å². The van der Waals surface area contributed by atoms with Gasteiger partial charge in [0.2, 0.25) is 0 Å². The highest BCUT2D eigenvalue weighted by Crippen LogP contribution is 2.26. The molecule has 126 valence electrons. The van der Waals surface area contributed by atoms with E-state index in [1.54, 1.807) is 11.0 Å². The van der Waals surface area contributed by atoms with Crippen LogP contribution in [0.2, 0.25) is 0 Å². The summed E-state index contributed by atoms with van der Waals surface area (Å²) in [6.45, 7) is 5.92. The summed E-state index contributed by atoms with van der Waals surface area (Å²) >= 11 is 0. The van der Waals surface area contributed by atoms with Crippen LogP contribution in [0.5, 0.6) is 0 Å². The van der Waals surface area contributed by atoms with Crippen LogP contribution in [0.3, 0.4) is 0 Å². The van der Waals surface area contributed by atoms with Crippen LogP contribution in [-0.2, 0) is 0 Å². The molecule has 1 saturated heterocycles. The van der Waals surface area contributed by atoms with Gasteiger partial charge in [0.25, 0.3) is 5.91 Å². The first-order valence-corrected chi connectivity index (χ1v) is 8.36. The maximum atomic E-state index is 14.5. The molecule has 1 heterocycles. The van der Waals surface area contributed by atoms with Gasteiger partial charge in [-0.2, -0.15) is 0 Å². The van der Waals surface area contributed by atoms with Crippen LogP contribution in [0.1, 0.15) is 27.9 Å². The summed E-state index contributed by atoms with van der Waals surface area (Å²) in [5.41, 5.74) is 9.91. The monoisotopic (exact) mass is 326 g/mol. The second-order valence-electron chi connectivity index (χ2n) is 6.64. The van der Waals surface area contributed by atoms with Crippen LogP contribution in [-0.4, -0.2) is 30.4 Å². The number of halogens is 1. The number of benzene rings is 2. The average molecular weight is 326 g/mol. The van der Waals surface area contributed by atoms with Crippen molar-refractivity contribution in [1.29, 1.82) is 0 Å². The molecule has 1 aliphatic heterocycles. The lowest BCUT2D eigenvalue weighted by Crippen LogP contribution is -2.30. The van der Waals surface area contributed by atoms with Crippen molar-refractivity contribution in [3.05, 3.63) is 58.9 Å². The largest absolute Gasteiger partial charge is 0.338 e. The molecular formula is C20H23FN2O. The number of nitrogens with zero attached hydrogens (tertiary/aromatic N) is 1. The molecule has 2 aromatic rings. The number of carbonyl (C=O) groups is 1. The zero-order valence-electron chi connectivity index (χ0n) is 14.2. The summed E-state index contributed by atoms with van der Waals surface area (Å²) in [4.78, 5) is 14.2. The van der Waals surface area contributed by atoms with Gasteiger partial charge >= 0.3 is 0 Å². The number of rotatable bonds is 3. The molecule has 1 aliphatic rings. The molecule has 1 fully saturated rings. The van der Waals surface area contributed by atoms with Gasteiger partial charge in [0.05, 0.1) is 5.56 Å². The van der Waals surface area contributed by atoms with Gasteiger partial charge in [-0.3, -0.25) is 4.79 Å². The molecule has 0 spiro atoms. The molecule has 1 atom stereocenters. The predicted molar refractivity (Wildman–Crippen MR) is 94.4 cm³/mol. The van der Waals surface area contributed by atoms with E-state index >= 15 is 0 Å². The fourth-order valence-corrected chi connectivity index (χ4v) is 3.17. The Kier molecular flexibility index (Phi) is 4.67. The normalized spacial score (nSPS) is 17.3. The Morgan fingerprint density at radius 3 is 2.50 bits per heavy atom. The molecule has 0 bridgehead atoms. The van der Waals surface area contributed by atoms with Gasteiger partial charge in [0.15, 0.2) is 0 Å². The molecule has 3 rings (SSSR count). The van der Waals surface area contributed by atoms with Gasteiger partial charge in [0, 0.05) is 13.1 Å². The summed E-state index contributed by atoms with van der Waals surface area (Å²) in [6, 6.07) is 10.9. The number of carbonyl (C=O) groups excluding carboxylic acids is 1. The van der Waals surface area contributed by atoms with E-state index in [0.717, 1.165) is 23.1 Å². The summed E-state index contributed by atoms with van der Waals surface area (Å²) < 4.78 is 14.5. The molecule has 1 amide bonds. The summed E-state index contributed by atoms with van der Waals surface area (Å²) in [5.74, 6) is -0.381. The van der Waals surface area contributed by atoms with Crippen molar-refractivity contribution in [3.63, 3.8) is 0 Å². The highest BCUT2D eigenvalue weighted by molar-refractivity contribution is 5.95. The third-order valence-corrected chi connectivity index (χ3v) is 4.95. The molecule has 0 aliphatic carbocycles. The van der Waals surface area contributed by atoms with Gasteiger partial charge in [-0.15, -0.1) is 0 Å². The lowest BCUT2D eigenvalue weighted by atomic mass is 9.99. The molecule has 4 heteroatoms. The highest BCUT2D eigenvalue weighted by Gasteiger charge is 2.27. The van der Waals surface area contributed by atoms with E-state index in [0.29, 0.717) is 25.6 Å². The summed E-state index contributed by atoms with van der Waals surface area (Å²) in [7, 11) is 0. The zero-order valence-corrected chi connectivity index (χ0v) is 14.2. The number of nitrogens with two attached hydrogens (primary N) is 1. The number of likely N-dealkylation sites (tertiary alicyclic amines) is 1. The fourth-order valence-electron chi connectivity index (χ4n) is 3.17. The SMILES string of the molecule is Cc1ccc(-c2ccc(C(=O)N3CC[C@@H](CN)C3)c(F)c2)cc1C. The third kappa shape index (κ3) is 3.20. The molecule has 3 nitrogen and oxygen atoms in total. The molecule has 0 saturated carbocycles. The van der Waals surface area contributed by atoms with Crippen LogP contribution < -0.4 is 5.73 Å². The van der Waals surface area contributed by atoms with Crippen LogP contribution in [0, 0.1) is 25.6 Å². The van der Waals surface area contributed by atoms with Crippen molar-refractivity contribution < 1.29 is 9.18 Å². The second-order valence-corrected chi connectivity index (χ2v) is 6.64. The minimum atomic E-state index is -0.466. The molecule has 2 N–H and O–H groups in total. The van der Waals surface area contributed by atoms with Gasteiger partial charge in [0.1, 0.15) is 5.82 Å². The Morgan fingerprint density at radius 2 is 1.88 bits per heavy atom. The second kappa shape index (κ2) is 6.73. The Bertz CT molecular complexity index is 772. The van der Waals surface area contributed by atoms with E-state index in [1.165, 1.54) is 11.6 Å². The van der Waals surface area contributed by atoms with E-state index < -0.39 is 5.82 Å². The van der Waals surface area contributed by atoms with Gasteiger partial charge < -0.3 is 10.6 Å². The topological polar surface area (TPSA) is 46.3 Å². The summed E-state index contributed by atoms with van der Waals surface area (Å²) in [5, 5.41) is 0. The van der Waals surface area contributed by atoms with Crippen molar-refractivity contribution in [2.45, 2.75) is 20.3 Å². The maximum absolute atomic E-state index is 14.5. The van der Waals surface area contributed by atoms with E-state index in [-0.39, 0.29) is 11.5 Å². The van der Waals surface area contributed by atoms with Crippen LogP contribution >= 0.6 is 0 Å². The van der Waals surface area contributed by atoms with E-state index in [4.69, 9.17) is 5.73 Å². The van der Waals surface area contributed by atoms with Crippen LogP contribution in [0.25, 0.3) is 11.1 Å². The first kappa shape index (κ1) is 16.7. The number of amides is 1. The number of hydrogen-bond donors (Lipinski definition) is 1. The molecule has 0 radical (unpaired) electrons. The number of hydrogen-bond acceptors (Lipinski definition) is 2. The number of aryl methyl sites for hydroxylation is 2. The lowest BCUT2D eigenvalue weighted by Gasteiger charge is -2.17. The Labute approximate surface area is 142 Å². The molecule has 0 aromatic heterocycles. The van der Waals surface area contributed by atoms with Gasteiger partial charge in [-0.1, -0.05) is 24.3 Å². The van der Waals surface area contributed by atoms with E-state index in [1.807, 2.05) is 38.1 Å². The van der Waals surface area contributed by atoms with Crippen molar-refractivity contribution >= 4 is 5.91 Å². The van der Waals surface area contributed by atoms with Crippen molar-refractivity contribution in [2.24, 2.45) is 11.7 Å². The maximum Gasteiger partial charge on any atom is 0.256 e. The predicted octanol–water partition coefficient (Wildman–Crippen LogP) is 3.53. The van der Waals surface area contributed by atoms with Crippen LogP contribution in [0.4, 0.5) is 4.39 Å². The Morgan fingerprint density at radius 1 is 1.17 bits per heavy atom. The van der Waals surface area contributed by atoms with E-state index in [9.17, 15) is 9.18 Å². The van der Waals surface area contributed by atoms with Gasteiger partial charge in [-0.05, 0) is 67.1 Å². The third-order valence-electron chi connectivity index (χ3n) is 4.95. The van der Waals surface area contributed by atoms with Gasteiger partial charge in [-0.25, -0.2) is 4.39 Å². The molecule has 24 heavy (non-hydrogen) atoms. The zero-order chi connectivity index (χ0) is 17.3. The minimum absolute atomic E-state index is 0.139. The Hall–Kier alpha value is -2.20. The fraction of sp³-hybridized carbons (Fsp3) is 0.350. The van der Waals surface area contributed by atoms with Crippen LogP contribution in [0.15, 0.2) is 36.4 Å². The van der Waals surface area contributed by atoms with Crippen molar-refractivity contribution in [2.75, 3.05) is 19.6 Å². The average Bonchev–Trinajstić information content (AvgIpc) is 3.06. The first-order chi connectivity index (χ1) is 11.5. The molecular weight excluding hydrogens is 303 g/mol. The molecule has 2 aromatic carbocycles. The Balaban J connectivity index is 1.84. The van der Waals surface area contributed by atoms with E-state index in [2.05, 4.69) is 0 Å². The lowest BCUT2D eigenvalue weighted by molar-refractivity contribution is 0.0783. The van der Waals surface area contributed by atoms with Crippen molar-refractivity contribution in [3.8, 4) is 11.1 Å². The minimum Gasteiger partial charge on any atom is -0.338 e. The molecule has 0 unspecified atom stereocenters. The standard InChI is InChI=1S/C20H23FN2O/c1-13-3-4-16(9-14(13)2)17-5-6-18(19(21)10-17)20(24)23-8-7-15(11-22)12-23/h3-6,9-10,15H,7-8,11-12,22H2,1-2H3/t15-/m0/s1. The smallest absolute Gasteiger partial charge is 0.256 e. The quantitative estimate of drug-likeness (QED) is 0.938. The first-order valence-electron chi connectivity index (χ1n) is 8.36.